The minimum absolute atomic E-state index is 0.0992. The van der Waals surface area contributed by atoms with Crippen LogP contribution >= 0.6 is 12.2 Å². The van der Waals surface area contributed by atoms with Gasteiger partial charge in [0.15, 0.2) is 5.78 Å². The maximum atomic E-state index is 12.6. The number of hydrogen-bond donors (Lipinski definition) is 0. The first-order chi connectivity index (χ1) is 15.0. The first kappa shape index (κ1) is 24.1. The van der Waals surface area contributed by atoms with Crippen LogP contribution in [-0.4, -0.2) is 35.9 Å². The highest BCUT2D eigenvalue weighted by Gasteiger charge is 2.10. The molecule has 0 saturated heterocycles. The van der Waals surface area contributed by atoms with Crippen LogP contribution in [0.3, 0.4) is 0 Å². The largest absolute Gasteiger partial charge is 0.494 e. The topological polar surface area (TPSA) is 82.0 Å². The van der Waals surface area contributed by atoms with E-state index >= 15 is 0 Å². The molecule has 2 aromatic rings. The molecular weight excluding hydrogens is 414 g/mol. The van der Waals surface area contributed by atoms with Crippen LogP contribution in [0, 0.1) is 0 Å². The van der Waals surface area contributed by atoms with E-state index in [-0.39, 0.29) is 24.0 Å². The fourth-order valence-electron chi connectivity index (χ4n) is 2.86. The number of carbonyl (C=O) groups excluding carboxylic acids is 3. The molecule has 7 heteroatoms. The number of thiocarbonyl (C=S) groups is 1. The second kappa shape index (κ2) is 13.2. The number of isothiocyanates is 1. The van der Waals surface area contributed by atoms with Crippen molar-refractivity contribution in [1.82, 2.24) is 0 Å². The summed E-state index contributed by atoms with van der Waals surface area (Å²) in [5, 5.41) is 2.29. The minimum Gasteiger partial charge on any atom is -0.494 e. The second-order valence-electron chi connectivity index (χ2n) is 6.75. The van der Waals surface area contributed by atoms with E-state index < -0.39 is 0 Å². The average molecular weight is 440 g/mol. The number of ether oxygens (including phenoxy) is 2. The van der Waals surface area contributed by atoms with E-state index in [1.165, 1.54) is 0 Å². The number of Topliss-reactive ketones (excluding diaryl/α,β-unsaturated/α-hetero) is 1. The summed E-state index contributed by atoms with van der Waals surface area (Å²) < 4.78 is 10.5. The zero-order valence-corrected chi connectivity index (χ0v) is 18.3. The summed E-state index contributed by atoms with van der Waals surface area (Å²) in [4.78, 5) is 39.5. The Morgan fingerprint density at radius 3 is 2.13 bits per heavy atom. The molecule has 0 saturated carbocycles. The van der Waals surface area contributed by atoms with Gasteiger partial charge in [0.25, 0.3) is 0 Å². The number of hydrogen-bond acceptors (Lipinski definition) is 7. The number of ketones is 2. The Bertz CT molecular complexity index is 931. The lowest BCUT2D eigenvalue weighted by molar-refractivity contribution is -0.143. The normalized spacial score (nSPS) is 10.1. The average Bonchev–Trinajstić information content (AvgIpc) is 2.78. The predicted molar refractivity (Wildman–Crippen MR) is 121 cm³/mol. The van der Waals surface area contributed by atoms with Crippen molar-refractivity contribution in [2.75, 3.05) is 13.2 Å². The van der Waals surface area contributed by atoms with Crippen LogP contribution in [0.4, 0.5) is 5.69 Å². The number of carbonyl (C=O) groups is 3. The molecule has 0 amide bonds. The molecule has 0 aliphatic heterocycles. The van der Waals surface area contributed by atoms with Crippen LogP contribution in [0.2, 0.25) is 0 Å². The van der Waals surface area contributed by atoms with Gasteiger partial charge >= 0.3 is 5.97 Å². The van der Waals surface area contributed by atoms with Crippen LogP contribution < -0.4 is 4.74 Å². The van der Waals surface area contributed by atoms with Crippen molar-refractivity contribution in [2.24, 2.45) is 4.99 Å². The molecule has 0 heterocycles. The number of rotatable bonds is 13. The van der Waals surface area contributed by atoms with E-state index in [1.54, 1.807) is 55.5 Å². The van der Waals surface area contributed by atoms with Crippen LogP contribution in [0.1, 0.15) is 54.9 Å². The summed E-state index contributed by atoms with van der Waals surface area (Å²) in [6.45, 7) is 2.52. The number of esters is 1. The molecule has 0 aromatic heterocycles. The zero-order valence-electron chi connectivity index (χ0n) is 17.5. The number of benzene rings is 2. The number of nitrogens with zero attached hydrogens (tertiary/aromatic N) is 1. The quantitative estimate of drug-likeness (QED) is 0.142. The van der Waals surface area contributed by atoms with Crippen molar-refractivity contribution in [3.05, 3.63) is 59.7 Å². The third-order valence-electron chi connectivity index (χ3n) is 4.43. The Morgan fingerprint density at radius 2 is 1.52 bits per heavy atom. The predicted octanol–water partition coefficient (Wildman–Crippen LogP) is 5.11. The van der Waals surface area contributed by atoms with Crippen molar-refractivity contribution >= 4 is 40.6 Å². The van der Waals surface area contributed by atoms with Crippen molar-refractivity contribution in [3.8, 4) is 5.75 Å². The molecule has 6 nitrogen and oxygen atoms in total. The molecule has 0 N–H and O–H groups in total. The Hall–Kier alpha value is -3.15. The van der Waals surface area contributed by atoms with Gasteiger partial charge in [-0.3, -0.25) is 14.4 Å². The van der Waals surface area contributed by atoms with E-state index in [9.17, 15) is 14.4 Å². The van der Waals surface area contributed by atoms with Crippen LogP contribution in [0.15, 0.2) is 53.5 Å². The molecule has 0 spiro atoms. The molecule has 0 bridgehead atoms. The molecule has 0 fully saturated rings. The Labute approximate surface area is 187 Å². The van der Waals surface area contributed by atoms with Crippen molar-refractivity contribution in [3.63, 3.8) is 0 Å². The standard InChI is InChI=1S/C24H25NO5S/c1-2-29-23(27)7-3-5-21(26)6-4-16-30-22-14-10-19(11-15-22)24(28)18-8-12-20(13-9-18)25-17-31/h8-15H,2-7,16H2,1H3. The van der Waals surface area contributed by atoms with E-state index in [2.05, 4.69) is 22.4 Å². The molecule has 31 heavy (non-hydrogen) atoms. The Balaban J connectivity index is 1.72. The van der Waals surface area contributed by atoms with Gasteiger partial charge in [-0.05, 0) is 80.5 Å². The Morgan fingerprint density at radius 1 is 0.903 bits per heavy atom. The van der Waals surface area contributed by atoms with Gasteiger partial charge in [-0.15, -0.1) is 0 Å². The molecule has 2 rings (SSSR count). The summed E-state index contributed by atoms with van der Waals surface area (Å²) in [6, 6.07) is 13.7. The highest BCUT2D eigenvalue weighted by molar-refractivity contribution is 7.78. The molecule has 0 atom stereocenters. The molecule has 0 aliphatic carbocycles. The van der Waals surface area contributed by atoms with Gasteiger partial charge in [0.1, 0.15) is 11.5 Å². The lowest BCUT2D eigenvalue weighted by Gasteiger charge is -2.07. The monoisotopic (exact) mass is 439 g/mol. The zero-order chi connectivity index (χ0) is 22.5. The summed E-state index contributed by atoms with van der Waals surface area (Å²) in [6.07, 6.45) is 2.15. The summed E-state index contributed by atoms with van der Waals surface area (Å²) in [5.41, 5.74) is 1.75. The van der Waals surface area contributed by atoms with Gasteiger partial charge in [0.05, 0.1) is 24.1 Å². The van der Waals surface area contributed by atoms with E-state index in [0.717, 1.165) is 0 Å². The second-order valence-corrected chi connectivity index (χ2v) is 6.94. The fraction of sp³-hybridized carbons (Fsp3) is 0.333. The fourth-order valence-corrected chi connectivity index (χ4v) is 2.96. The lowest BCUT2D eigenvalue weighted by Crippen LogP contribution is -2.07. The molecule has 162 valence electrons. The Kier molecular flexibility index (Phi) is 10.3. The summed E-state index contributed by atoms with van der Waals surface area (Å²) in [7, 11) is 0. The first-order valence-corrected chi connectivity index (χ1v) is 10.6. The van der Waals surface area contributed by atoms with Gasteiger partial charge in [-0.1, -0.05) is 0 Å². The molecular formula is C24H25NO5S. The van der Waals surface area contributed by atoms with Crippen molar-refractivity contribution < 1.29 is 23.9 Å². The van der Waals surface area contributed by atoms with Crippen molar-refractivity contribution in [2.45, 2.75) is 39.0 Å². The highest BCUT2D eigenvalue weighted by Crippen LogP contribution is 2.18. The highest BCUT2D eigenvalue weighted by atomic mass is 32.1. The maximum Gasteiger partial charge on any atom is 0.305 e. The maximum absolute atomic E-state index is 12.6. The summed E-state index contributed by atoms with van der Waals surface area (Å²) in [5.74, 6) is 0.378. The molecule has 2 aromatic carbocycles. The molecule has 0 radical (unpaired) electrons. The molecule has 0 aliphatic rings. The lowest BCUT2D eigenvalue weighted by atomic mass is 10.0. The van der Waals surface area contributed by atoms with E-state index in [0.29, 0.717) is 61.5 Å². The van der Waals surface area contributed by atoms with Crippen LogP contribution in [-0.2, 0) is 14.3 Å². The minimum atomic E-state index is -0.266. The van der Waals surface area contributed by atoms with Gasteiger partial charge in [-0.25, -0.2) is 0 Å². The van der Waals surface area contributed by atoms with E-state index in [4.69, 9.17) is 9.47 Å². The smallest absolute Gasteiger partial charge is 0.305 e. The van der Waals surface area contributed by atoms with Crippen LogP contribution in [0.25, 0.3) is 0 Å². The number of aliphatic imine (C=N–C) groups is 1. The van der Waals surface area contributed by atoms with Crippen LogP contribution in [0.5, 0.6) is 5.75 Å². The first-order valence-electron chi connectivity index (χ1n) is 10.2. The van der Waals surface area contributed by atoms with E-state index in [1.807, 2.05) is 0 Å². The molecule has 0 unspecified atom stereocenters. The summed E-state index contributed by atoms with van der Waals surface area (Å²) >= 11 is 4.56. The third kappa shape index (κ3) is 8.62. The SMILES string of the molecule is CCOC(=O)CCCC(=O)CCCOc1ccc(C(=O)c2ccc(N=C=S)cc2)cc1. The van der Waals surface area contributed by atoms with Crippen molar-refractivity contribution in [1.29, 1.82) is 0 Å². The van der Waals surface area contributed by atoms with Gasteiger partial charge in [-0.2, -0.15) is 4.99 Å². The third-order valence-corrected chi connectivity index (χ3v) is 4.52. The van der Waals surface area contributed by atoms with Gasteiger partial charge in [0, 0.05) is 30.4 Å². The van der Waals surface area contributed by atoms with Gasteiger partial charge < -0.3 is 9.47 Å². The van der Waals surface area contributed by atoms with Gasteiger partial charge in [0.2, 0.25) is 0 Å².